The molecule has 12 heteroatoms. The Kier molecular flexibility index (Phi) is 10.5. The van der Waals surface area contributed by atoms with Crippen LogP contribution in [0, 0.1) is 12.3 Å². The van der Waals surface area contributed by atoms with E-state index in [1.807, 2.05) is 0 Å². The lowest BCUT2D eigenvalue weighted by Crippen LogP contribution is -2.45. The van der Waals surface area contributed by atoms with Crippen molar-refractivity contribution < 1.29 is 28.5 Å². The molecule has 2 aromatic rings. The molecule has 0 saturated carbocycles. The van der Waals surface area contributed by atoms with Gasteiger partial charge in [-0.1, -0.05) is 35.7 Å². The molecular weight excluding hydrogens is 544 g/mol. The Labute approximate surface area is 236 Å². The van der Waals surface area contributed by atoms with Gasteiger partial charge in [0.15, 0.2) is 23.2 Å². The smallest absolute Gasteiger partial charge is 0.338 e. The van der Waals surface area contributed by atoms with Gasteiger partial charge < -0.3 is 29.6 Å². The van der Waals surface area contributed by atoms with Crippen LogP contribution >= 0.6 is 23.8 Å². The number of benzene rings is 2. The number of hydrogen-bond donors (Lipinski definition) is 3. The van der Waals surface area contributed by atoms with Crippen molar-refractivity contribution in [2.45, 2.75) is 19.9 Å². The summed E-state index contributed by atoms with van der Waals surface area (Å²) in [5.74, 6) is 2.41. The van der Waals surface area contributed by atoms with Gasteiger partial charge in [0.2, 0.25) is 0 Å². The maximum Gasteiger partial charge on any atom is 0.338 e. The van der Waals surface area contributed by atoms with Crippen LogP contribution in [0.15, 0.2) is 52.8 Å². The molecule has 0 aromatic heterocycles. The molecule has 1 amide bonds. The predicted molar refractivity (Wildman–Crippen MR) is 151 cm³/mol. The summed E-state index contributed by atoms with van der Waals surface area (Å²) in [6.45, 7) is 3.37. The van der Waals surface area contributed by atoms with Crippen LogP contribution in [0.3, 0.4) is 0 Å². The lowest BCUT2D eigenvalue weighted by molar-refractivity contribution is -0.139. The van der Waals surface area contributed by atoms with Gasteiger partial charge in [0, 0.05) is 11.3 Å². The van der Waals surface area contributed by atoms with Crippen LogP contribution in [0.25, 0.3) is 0 Å². The number of ether oxygens (including phenoxy) is 4. The standard InChI is InChI=1S/C27H27ClN4O6S/c1-5-11-37-25-19(28)12-17(13-21(25)35-4)14-29-32-22(33)15-38-20-10-8-7-9-18(20)24-23(26(34)36-6-2)16(3)30-27(39)31-24/h1,7-10,12-14,24H,6,11,15H2,2-4H3,(H,32,33)(H2,30,31,39)/t24-/m1/s1. The van der Waals surface area contributed by atoms with Crippen molar-refractivity contribution >= 4 is 47.0 Å². The molecule has 1 heterocycles. The summed E-state index contributed by atoms with van der Waals surface area (Å²) < 4.78 is 21.7. The predicted octanol–water partition coefficient (Wildman–Crippen LogP) is 3.25. The minimum absolute atomic E-state index is 0.0309. The second kappa shape index (κ2) is 14.0. The number of halogens is 1. The number of amides is 1. The number of nitrogens with zero attached hydrogens (tertiary/aromatic N) is 1. The SMILES string of the molecule is C#CCOc1c(Cl)cc(C=NNC(=O)COc2ccccc2[C@H]2NC(=S)NC(C)=C2C(=O)OCC)cc1OC. The van der Waals surface area contributed by atoms with E-state index in [2.05, 4.69) is 27.1 Å². The number of rotatable bonds is 11. The summed E-state index contributed by atoms with van der Waals surface area (Å²) in [6, 6.07) is 9.59. The van der Waals surface area contributed by atoms with Crippen LogP contribution in [-0.2, 0) is 14.3 Å². The van der Waals surface area contributed by atoms with Gasteiger partial charge in [-0.3, -0.25) is 4.79 Å². The molecule has 204 valence electrons. The zero-order valence-electron chi connectivity index (χ0n) is 21.5. The van der Waals surface area contributed by atoms with E-state index in [0.717, 1.165) is 0 Å². The Morgan fingerprint density at radius 2 is 2.03 bits per heavy atom. The number of carbonyl (C=O) groups excluding carboxylic acids is 2. The average molecular weight is 571 g/mol. The first-order valence-electron chi connectivity index (χ1n) is 11.7. The molecular formula is C27H27ClN4O6S. The molecule has 2 aromatic carbocycles. The highest BCUT2D eigenvalue weighted by Gasteiger charge is 2.32. The van der Waals surface area contributed by atoms with Crippen molar-refractivity contribution in [2.75, 3.05) is 26.9 Å². The fraction of sp³-hybridized carbons (Fsp3) is 0.259. The molecule has 1 aliphatic heterocycles. The fourth-order valence-electron chi connectivity index (χ4n) is 3.68. The molecule has 0 unspecified atom stereocenters. The lowest BCUT2D eigenvalue weighted by atomic mass is 9.95. The Balaban J connectivity index is 1.69. The van der Waals surface area contributed by atoms with Crippen molar-refractivity contribution in [2.24, 2.45) is 5.10 Å². The molecule has 0 spiro atoms. The molecule has 0 radical (unpaired) electrons. The van der Waals surface area contributed by atoms with E-state index >= 15 is 0 Å². The first-order chi connectivity index (χ1) is 18.8. The third kappa shape index (κ3) is 7.63. The van der Waals surface area contributed by atoms with Gasteiger partial charge in [0.25, 0.3) is 5.91 Å². The van der Waals surface area contributed by atoms with Gasteiger partial charge in [0.05, 0.1) is 36.6 Å². The van der Waals surface area contributed by atoms with Crippen molar-refractivity contribution in [1.82, 2.24) is 16.1 Å². The van der Waals surface area contributed by atoms with Crippen molar-refractivity contribution in [1.29, 1.82) is 0 Å². The molecule has 3 rings (SSSR count). The highest BCUT2D eigenvalue weighted by atomic mass is 35.5. The maximum absolute atomic E-state index is 12.7. The topological polar surface area (TPSA) is 120 Å². The summed E-state index contributed by atoms with van der Waals surface area (Å²) >= 11 is 11.6. The van der Waals surface area contributed by atoms with E-state index < -0.39 is 17.9 Å². The van der Waals surface area contributed by atoms with Gasteiger partial charge in [-0.15, -0.1) is 6.42 Å². The zero-order chi connectivity index (χ0) is 28.4. The number of esters is 1. The van der Waals surface area contributed by atoms with Crippen LogP contribution in [0.5, 0.6) is 17.2 Å². The number of methoxy groups -OCH3 is 1. The number of terminal acetylenes is 1. The minimum atomic E-state index is -0.637. The fourth-order valence-corrected chi connectivity index (χ4v) is 4.22. The molecule has 1 aliphatic rings. The Hall–Kier alpha value is -4.27. The second-order valence-electron chi connectivity index (χ2n) is 7.94. The third-order valence-corrected chi connectivity index (χ3v) is 5.81. The third-order valence-electron chi connectivity index (χ3n) is 5.31. The van der Waals surface area contributed by atoms with E-state index in [0.29, 0.717) is 44.8 Å². The molecule has 0 fully saturated rings. The normalized spacial score (nSPS) is 14.6. The Morgan fingerprint density at radius 3 is 2.74 bits per heavy atom. The number of carbonyl (C=O) groups is 2. The van der Waals surface area contributed by atoms with Gasteiger partial charge in [0.1, 0.15) is 12.4 Å². The molecule has 0 aliphatic carbocycles. The largest absolute Gasteiger partial charge is 0.493 e. The van der Waals surface area contributed by atoms with Crippen molar-refractivity contribution in [3.8, 4) is 29.6 Å². The quantitative estimate of drug-likeness (QED) is 0.123. The number of hydrogen-bond acceptors (Lipinski definition) is 8. The van der Waals surface area contributed by atoms with Crippen LogP contribution in [0.4, 0.5) is 0 Å². The summed E-state index contributed by atoms with van der Waals surface area (Å²) in [5, 5.41) is 10.6. The minimum Gasteiger partial charge on any atom is -0.493 e. The van der Waals surface area contributed by atoms with E-state index in [-0.39, 0.29) is 24.8 Å². The number of thiocarbonyl (C=S) groups is 1. The highest BCUT2D eigenvalue weighted by Crippen LogP contribution is 2.36. The molecule has 39 heavy (non-hydrogen) atoms. The van der Waals surface area contributed by atoms with Gasteiger partial charge in [-0.05, 0) is 49.8 Å². The highest BCUT2D eigenvalue weighted by molar-refractivity contribution is 7.80. The van der Waals surface area contributed by atoms with Gasteiger partial charge >= 0.3 is 5.97 Å². The average Bonchev–Trinajstić information content (AvgIpc) is 2.90. The molecule has 3 N–H and O–H groups in total. The maximum atomic E-state index is 12.7. The van der Waals surface area contributed by atoms with Crippen LogP contribution in [0.1, 0.15) is 31.0 Å². The van der Waals surface area contributed by atoms with E-state index in [9.17, 15) is 9.59 Å². The summed E-state index contributed by atoms with van der Waals surface area (Å²) in [5.41, 5.74) is 4.48. The van der Waals surface area contributed by atoms with Crippen LogP contribution in [-0.4, -0.2) is 50.1 Å². The van der Waals surface area contributed by atoms with Crippen LogP contribution in [0.2, 0.25) is 5.02 Å². The summed E-state index contributed by atoms with van der Waals surface area (Å²) in [6.07, 6.45) is 6.62. The first-order valence-corrected chi connectivity index (χ1v) is 12.5. The molecule has 0 bridgehead atoms. The number of allylic oxidation sites excluding steroid dienone is 1. The van der Waals surface area contributed by atoms with E-state index in [4.69, 9.17) is 49.2 Å². The molecule has 1 atom stereocenters. The van der Waals surface area contributed by atoms with Gasteiger partial charge in [-0.25, -0.2) is 10.2 Å². The lowest BCUT2D eigenvalue weighted by Gasteiger charge is -2.30. The van der Waals surface area contributed by atoms with Gasteiger partial charge in [-0.2, -0.15) is 5.10 Å². The van der Waals surface area contributed by atoms with Crippen molar-refractivity contribution in [3.05, 3.63) is 63.8 Å². The molecule has 0 saturated heterocycles. The number of para-hydroxylation sites is 1. The van der Waals surface area contributed by atoms with Crippen LogP contribution < -0.4 is 30.3 Å². The first kappa shape index (κ1) is 29.3. The number of nitrogens with one attached hydrogen (secondary N) is 3. The molecule has 10 nitrogen and oxygen atoms in total. The zero-order valence-corrected chi connectivity index (χ0v) is 23.1. The summed E-state index contributed by atoms with van der Waals surface area (Å²) in [4.78, 5) is 25.1. The summed E-state index contributed by atoms with van der Waals surface area (Å²) in [7, 11) is 1.46. The second-order valence-corrected chi connectivity index (χ2v) is 8.75. The number of hydrazone groups is 1. The Morgan fingerprint density at radius 1 is 1.26 bits per heavy atom. The Bertz CT molecular complexity index is 1350. The van der Waals surface area contributed by atoms with E-state index in [1.54, 1.807) is 50.2 Å². The van der Waals surface area contributed by atoms with Crippen molar-refractivity contribution in [3.63, 3.8) is 0 Å². The monoisotopic (exact) mass is 570 g/mol. The van der Waals surface area contributed by atoms with E-state index in [1.165, 1.54) is 13.3 Å².